The Morgan fingerprint density at radius 1 is 0.786 bits per heavy atom. The maximum absolute atomic E-state index is 12.6. The zero-order valence-corrected chi connectivity index (χ0v) is 17.0. The minimum Gasteiger partial charge on any atom is -0.299 e. The van der Waals surface area contributed by atoms with Crippen molar-refractivity contribution in [3.05, 3.63) is 35.4 Å². The SMILES string of the molecule is CC(=O)C1(Cc2cccc(CC3(C(C)=O)CCCCC3=O)c2)CCCCC1=O. The first kappa shape index (κ1) is 20.6. The molecule has 1 aromatic carbocycles. The smallest absolute Gasteiger partial charge is 0.146 e. The lowest BCUT2D eigenvalue weighted by Gasteiger charge is -2.34. The monoisotopic (exact) mass is 382 g/mol. The summed E-state index contributed by atoms with van der Waals surface area (Å²) in [5.74, 6) is 0.00849. The molecule has 0 aromatic heterocycles. The summed E-state index contributed by atoms with van der Waals surface area (Å²) >= 11 is 0. The molecule has 2 fully saturated rings. The molecule has 150 valence electrons. The molecule has 0 bridgehead atoms. The Labute approximate surface area is 167 Å². The first-order valence-electron chi connectivity index (χ1n) is 10.5. The molecule has 0 spiro atoms. The Hall–Kier alpha value is -2.10. The van der Waals surface area contributed by atoms with Gasteiger partial charge in [-0.25, -0.2) is 0 Å². The van der Waals surface area contributed by atoms with Crippen molar-refractivity contribution in [3.63, 3.8) is 0 Å². The molecule has 3 rings (SSSR count). The zero-order valence-electron chi connectivity index (χ0n) is 17.0. The lowest BCUT2D eigenvalue weighted by atomic mass is 9.66. The lowest BCUT2D eigenvalue weighted by molar-refractivity contribution is -0.143. The fourth-order valence-electron chi connectivity index (χ4n) is 5.10. The summed E-state index contributed by atoms with van der Waals surface area (Å²) in [6.45, 7) is 3.05. The molecule has 28 heavy (non-hydrogen) atoms. The van der Waals surface area contributed by atoms with Gasteiger partial charge in [0.05, 0.1) is 10.8 Å². The fraction of sp³-hybridized carbons (Fsp3) is 0.583. The Kier molecular flexibility index (Phi) is 5.97. The van der Waals surface area contributed by atoms with Crippen LogP contribution in [-0.4, -0.2) is 23.1 Å². The van der Waals surface area contributed by atoms with Crippen LogP contribution in [0.4, 0.5) is 0 Å². The number of carbonyl (C=O) groups is 4. The van der Waals surface area contributed by atoms with E-state index in [1.807, 2.05) is 24.3 Å². The largest absolute Gasteiger partial charge is 0.299 e. The van der Waals surface area contributed by atoms with Gasteiger partial charge in [0.15, 0.2) is 0 Å². The number of benzene rings is 1. The van der Waals surface area contributed by atoms with Crippen LogP contribution in [0.2, 0.25) is 0 Å². The molecule has 0 radical (unpaired) electrons. The standard InChI is InChI=1S/C24H30O4/c1-17(25)23(12-5-3-10-21(23)27)15-19-8-7-9-20(14-19)16-24(18(2)26)13-6-4-11-22(24)28/h7-9,14H,3-6,10-13,15-16H2,1-2H3. The van der Waals surface area contributed by atoms with Crippen LogP contribution in [0.15, 0.2) is 24.3 Å². The summed E-state index contributed by atoms with van der Waals surface area (Å²) in [5, 5.41) is 0. The number of hydrogen-bond acceptors (Lipinski definition) is 4. The number of Topliss-reactive ketones (excluding diaryl/α,β-unsaturated/α-hetero) is 4. The van der Waals surface area contributed by atoms with Crippen molar-refractivity contribution in [2.45, 2.75) is 78.1 Å². The molecule has 0 N–H and O–H groups in total. The van der Waals surface area contributed by atoms with Crippen molar-refractivity contribution in [2.24, 2.45) is 10.8 Å². The van der Waals surface area contributed by atoms with Crippen LogP contribution < -0.4 is 0 Å². The first-order valence-corrected chi connectivity index (χ1v) is 10.5. The van der Waals surface area contributed by atoms with Gasteiger partial charge in [-0.3, -0.25) is 19.2 Å². The lowest BCUT2D eigenvalue weighted by Crippen LogP contribution is -2.43. The molecule has 2 atom stereocenters. The van der Waals surface area contributed by atoms with E-state index in [1.54, 1.807) is 0 Å². The third-order valence-corrected chi connectivity index (χ3v) is 6.93. The Morgan fingerprint density at radius 3 is 1.57 bits per heavy atom. The molecule has 0 amide bonds. The van der Waals surface area contributed by atoms with E-state index in [2.05, 4.69) is 0 Å². The maximum Gasteiger partial charge on any atom is 0.146 e. The highest BCUT2D eigenvalue weighted by molar-refractivity contribution is 6.07. The van der Waals surface area contributed by atoms with Crippen LogP contribution in [0.3, 0.4) is 0 Å². The molecule has 4 nitrogen and oxygen atoms in total. The number of hydrogen-bond donors (Lipinski definition) is 0. The van der Waals surface area contributed by atoms with Crippen molar-refractivity contribution in [1.29, 1.82) is 0 Å². The predicted molar refractivity (Wildman–Crippen MR) is 107 cm³/mol. The van der Waals surface area contributed by atoms with Gasteiger partial charge in [-0.2, -0.15) is 0 Å². The highest BCUT2D eigenvalue weighted by Crippen LogP contribution is 2.40. The van der Waals surface area contributed by atoms with Gasteiger partial charge < -0.3 is 0 Å². The average molecular weight is 383 g/mol. The number of carbonyl (C=O) groups excluding carboxylic acids is 4. The highest BCUT2D eigenvalue weighted by Gasteiger charge is 2.45. The summed E-state index contributed by atoms with van der Waals surface area (Å²) in [4.78, 5) is 50.1. The normalized spacial score (nSPS) is 28.2. The average Bonchev–Trinajstić information content (AvgIpc) is 2.65. The van der Waals surface area contributed by atoms with Gasteiger partial charge in [0.25, 0.3) is 0 Å². The van der Waals surface area contributed by atoms with Crippen LogP contribution in [0.1, 0.15) is 76.3 Å². The molecule has 0 saturated heterocycles. The zero-order chi connectivity index (χ0) is 20.4. The van der Waals surface area contributed by atoms with Gasteiger partial charge in [-0.05, 0) is 63.5 Å². The van der Waals surface area contributed by atoms with Crippen molar-refractivity contribution < 1.29 is 19.2 Å². The van der Waals surface area contributed by atoms with Gasteiger partial charge in [0, 0.05) is 12.8 Å². The molecular formula is C24H30O4. The molecule has 4 heteroatoms. The summed E-state index contributed by atoms with van der Waals surface area (Å²) < 4.78 is 0. The van der Waals surface area contributed by atoms with E-state index in [0.29, 0.717) is 38.5 Å². The van der Waals surface area contributed by atoms with E-state index in [0.717, 1.165) is 36.8 Å². The molecule has 0 heterocycles. The van der Waals surface area contributed by atoms with E-state index in [1.165, 1.54) is 13.8 Å². The van der Waals surface area contributed by atoms with Gasteiger partial charge in [0.1, 0.15) is 23.1 Å². The van der Waals surface area contributed by atoms with Crippen LogP contribution in [0, 0.1) is 10.8 Å². The minimum atomic E-state index is -0.907. The van der Waals surface area contributed by atoms with E-state index in [9.17, 15) is 19.2 Å². The molecule has 2 aliphatic carbocycles. The summed E-state index contributed by atoms with van der Waals surface area (Å²) in [6, 6.07) is 7.78. The van der Waals surface area contributed by atoms with E-state index < -0.39 is 10.8 Å². The van der Waals surface area contributed by atoms with Crippen molar-refractivity contribution in [1.82, 2.24) is 0 Å². The van der Waals surface area contributed by atoms with Gasteiger partial charge in [-0.15, -0.1) is 0 Å². The number of ketones is 4. The van der Waals surface area contributed by atoms with Gasteiger partial charge in [0.2, 0.25) is 0 Å². The fourth-order valence-corrected chi connectivity index (χ4v) is 5.10. The van der Waals surface area contributed by atoms with E-state index >= 15 is 0 Å². The second-order valence-corrected chi connectivity index (χ2v) is 8.71. The first-order chi connectivity index (χ1) is 13.3. The Balaban J connectivity index is 1.88. The highest BCUT2D eigenvalue weighted by atomic mass is 16.2. The molecule has 2 unspecified atom stereocenters. The van der Waals surface area contributed by atoms with Gasteiger partial charge in [-0.1, -0.05) is 37.1 Å². The predicted octanol–water partition coefficient (Wildman–Crippen LogP) is 4.21. The van der Waals surface area contributed by atoms with Crippen molar-refractivity contribution in [3.8, 4) is 0 Å². The Bertz CT molecular complexity index is 745. The summed E-state index contributed by atoms with van der Waals surface area (Å²) in [5.41, 5.74) is 0.0563. The summed E-state index contributed by atoms with van der Waals surface area (Å²) in [6.07, 6.45) is 6.51. The molecule has 2 saturated carbocycles. The molecular weight excluding hydrogens is 352 g/mol. The second kappa shape index (κ2) is 8.10. The molecule has 1 aromatic rings. The van der Waals surface area contributed by atoms with Crippen molar-refractivity contribution >= 4 is 23.1 Å². The van der Waals surface area contributed by atoms with Crippen LogP contribution in [0.25, 0.3) is 0 Å². The van der Waals surface area contributed by atoms with Crippen molar-refractivity contribution in [2.75, 3.05) is 0 Å². The summed E-state index contributed by atoms with van der Waals surface area (Å²) in [7, 11) is 0. The van der Waals surface area contributed by atoms with E-state index in [4.69, 9.17) is 0 Å². The minimum absolute atomic E-state index is 0.0507. The van der Waals surface area contributed by atoms with Crippen LogP contribution in [-0.2, 0) is 32.0 Å². The third-order valence-electron chi connectivity index (χ3n) is 6.93. The molecule has 0 aliphatic heterocycles. The Morgan fingerprint density at radius 2 is 1.21 bits per heavy atom. The molecule has 2 aliphatic rings. The van der Waals surface area contributed by atoms with E-state index in [-0.39, 0.29) is 23.1 Å². The van der Waals surface area contributed by atoms with Crippen LogP contribution >= 0.6 is 0 Å². The second-order valence-electron chi connectivity index (χ2n) is 8.71. The maximum atomic E-state index is 12.6. The number of rotatable bonds is 6. The van der Waals surface area contributed by atoms with Gasteiger partial charge >= 0.3 is 0 Å². The van der Waals surface area contributed by atoms with Crippen LogP contribution in [0.5, 0.6) is 0 Å². The third kappa shape index (κ3) is 3.74. The quantitative estimate of drug-likeness (QED) is 0.691. The topological polar surface area (TPSA) is 68.3 Å².